The summed E-state index contributed by atoms with van der Waals surface area (Å²) in [4.78, 5) is 12.6. The number of nitrogens with one attached hydrogen (secondary N) is 1. The molecule has 1 aliphatic rings. The fourth-order valence-corrected chi connectivity index (χ4v) is 4.77. The molecule has 1 aromatic carbocycles. The van der Waals surface area contributed by atoms with Gasteiger partial charge in [-0.3, -0.25) is 4.79 Å². The van der Waals surface area contributed by atoms with E-state index in [1.165, 1.54) is 30.7 Å². The number of nitrogens with zero attached hydrogens (tertiary/aromatic N) is 1. The number of rotatable bonds is 7. The van der Waals surface area contributed by atoms with E-state index in [9.17, 15) is 13.2 Å². The quantitative estimate of drug-likeness (QED) is 0.753. The highest BCUT2D eigenvalue weighted by Crippen LogP contribution is 2.32. The van der Waals surface area contributed by atoms with Crippen molar-refractivity contribution in [3.63, 3.8) is 0 Å². The first-order valence-electron chi connectivity index (χ1n) is 8.98. The lowest BCUT2D eigenvalue weighted by molar-refractivity contribution is -0.126. The van der Waals surface area contributed by atoms with Crippen LogP contribution >= 0.6 is 0 Å². The average molecular weight is 408 g/mol. The van der Waals surface area contributed by atoms with Gasteiger partial charge in [-0.15, -0.1) is 0 Å². The van der Waals surface area contributed by atoms with Crippen LogP contribution in [0.5, 0.6) is 11.5 Å². The number of methoxy groups -OCH3 is 2. The molecule has 1 fully saturated rings. The number of ether oxygens (including phenoxy) is 2. The molecule has 0 saturated carbocycles. The molecule has 3 rings (SSSR count). The summed E-state index contributed by atoms with van der Waals surface area (Å²) in [6, 6.07) is 8.00. The van der Waals surface area contributed by atoms with Crippen molar-refractivity contribution < 1.29 is 27.1 Å². The smallest absolute Gasteiger partial charge is 0.243 e. The minimum Gasteiger partial charge on any atom is -0.493 e. The Morgan fingerprint density at radius 1 is 1.25 bits per heavy atom. The van der Waals surface area contributed by atoms with Crippen molar-refractivity contribution in [3.8, 4) is 11.5 Å². The van der Waals surface area contributed by atoms with Crippen LogP contribution in [0.25, 0.3) is 0 Å². The Kier molecular flexibility index (Phi) is 6.25. The predicted molar refractivity (Wildman–Crippen MR) is 102 cm³/mol. The molecule has 1 aliphatic heterocycles. The van der Waals surface area contributed by atoms with Gasteiger partial charge in [-0.2, -0.15) is 4.31 Å². The van der Waals surface area contributed by atoms with E-state index in [2.05, 4.69) is 5.32 Å². The number of hydrogen-bond donors (Lipinski definition) is 1. The summed E-state index contributed by atoms with van der Waals surface area (Å²) in [7, 11) is -0.803. The molecule has 0 unspecified atom stereocenters. The van der Waals surface area contributed by atoms with Crippen molar-refractivity contribution in [1.29, 1.82) is 0 Å². The monoisotopic (exact) mass is 408 g/mol. The van der Waals surface area contributed by atoms with E-state index in [4.69, 9.17) is 13.9 Å². The highest BCUT2D eigenvalue weighted by molar-refractivity contribution is 7.89. The van der Waals surface area contributed by atoms with Gasteiger partial charge >= 0.3 is 0 Å². The summed E-state index contributed by atoms with van der Waals surface area (Å²) in [5.41, 5.74) is 0. The maximum absolute atomic E-state index is 13.1. The zero-order valence-electron chi connectivity index (χ0n) is 15.9. The van der Waals surface area contributed by atoms with Crippen LogP contribution in [-0.2, 0) is 21.4 Å². The second-order valence-electron chi connectivity index (χ2n) is 6.52. The van der Waals surface area contributed by atoms with E-state index in [0.29, 0.717) is 36.6 Å². The Morgan fingerprint density at radius 3 is 2.71 bits per heavy atom. The maximum Gasteiger partial charge on any atom is 0.243 e. The second kappa shape index (κ2) is 8.66. The summed E-state index contributed by atoms with van der Waals surface area (Å²) < 4.78 is 43.0. The SMILES string of the molecule is COc1ccc(S(=O)(=O)N2CCC[C@H](C(=O)NCc3ccco3)C2)cc1OC. The molecule has 9 heteroatoms. The third-order valence-electron chi connectivity index (χ3n) is 4.76. The number of carbonyl (C=O) groups excluding carboxylic acids is 1. The van der Waals surface area contributed by atoms with Gasteiger partial charge in [-0.25, -0.2) is 8.42 Å². The molecule has 0 spiro atoms. The van der Waals surface area contributed by atoms with Gasteiger partial charge in [0.25, 0.3) is 0 Å². The molecule has 8 nitrogen and oxygen atoms in total. The number of furan rings is 1. The summed E-state index contributed by atoms with van der Waals surface area (Å²) in [5, 5.41) is 2.81. The Bertz CT molecular complexity index is 911. The maximum atomic E-state index is 13.1. The van der Waals surface area contributed by atoms with Crippen LogP contribution in [0, 0.1) is 5.92 Å². The molecular weight excluding hydrogens is 384 g/mol. The van der Waals surface area contributed by atoms with Gasteiger partial charge in [-0.1, -0.05) is 0 Å². The molecule has 1 aromatic heterocycles. The van der Waals surface area contributed by atoms with Crippen molar-refractivity contribution in [3.05, 3.63) is 42.4 Å². The average Bonchev–Trinajstić information content (AvgIpc) is 3.25. The van der Waals surface area contributed by atoms with Gasteiger partial charge in [0.1, 0.15) is 5.76 Å². The highest BCUT2D eigenvalue weighted by Gasteiger charge is 2.33. The van der Waals surface area contributed by atoms with Crippen molar-refractivity contribution in [1.82, 2.24) is 9.62 Å². The largest absolute Gasteiger partial charge is 0.493 e. The minimum absolute atomic E-state index is 0.113. The van der Waals surface area contributed by atoms with Crippen LogP contribution in [0.15, 0.2) is 45.9 Å². The van der Waals surface area contributed by atoms with Crippen LogP contribution in [0.1, 0.15) is 18.6 Å². The third-order valence-corrected chi connectivity index (χ3v) is 6.63. The van der Waals surface area contributed by atoms with Crippen molar-refractivity contribution in [2.45, 2.75) is 24.3 Å². The minimum atomic E-state index is -3.74. The number of sulfonamides is 1. The highest BCUT2D eigenvalue weighted by atomic mass is 32.2. The molecule has 2 heterocycles. The van der Waals surface area contributed by atoms with Crippen LogP contribution in [-0.4, -0.2) is 45.9 Å². The molecular formula is C19H24N2O6S. The van der Waals surface area contributed by atoms with E-state index in [-0.39, 0.29) is 23.9 Å². The lowest BCUT2D eigenvalue weighted by atomic mass is 9.99. The van der Waals surface area contributed by atoms with E-state index < -0.39 is 15.9 Å². The number of amides is 1. The topological polar surface area (TPSA) is 98.1 Å². The molecule has 0 bridgehead atoms. The predicted octanol–water partition coefficient (Wildman–Crippen LogP) is 2.01. The molecule has 1 saturated heterocycles. The zero-order chi connectivity index (χ0) is 20.1. The lowest BCUT2D eigenvalue weighted by Crippen LogP contribution is -2.45. The van der Waals surface area contributed by atoms with Crippen molar-refractivity contribution >= 4 is 15.9 Å². The standard InChI is InChI=1S/C19H24N2O6S/c1-25-17-8-7-16(11-18(17)26-2)28(23,24)21-9-3-5-14(13-21)19(22)20-12-15-6-4-10-27-15/h4,6-8,10-11,14H,3,5,9,12-13H2,1-2H3,(H,20,22)/t14-/m0/s1. The van der Waals surface area contributed by atoms with E-state index in [1.807, 2.05) is 0 Å². The van der Waals surface area contributed by atoms with Crippen molar-refractivity contribution in [2.24, 2.45) is 5.92 Å². The van der Waals surface area contributed by atoms with Crippen LogP contribution in [0.2, 0.25) is 0 Å². The first-order valence-corrected chi connectivity index (χ1v) is 10.4. The third kappa shape index (κ3) is 4.31. The van der Waals surface area contributed by atoms with E-state index in [0.717, 1.165) is 0 Å². The number of benzene rings is 1. The number of carbonyl (C=O) groups is 1. The Balaban J connectivity index is 1.71. The van der Waals surface area contributed by atoms with Crippen LogP contribution in [0.4, 0.5) is 0 Å². The molecule has 1 amide bonds. The van der Waals surface area contributed by atoms with E-state index >= 15 is 0 Å². The first-order chi connectivity index (χ1) is 13.5. The molecule has 0 aliphatic carbocycles. The first kappa shape index (κ1) is 20.2. The summed E-state index contributed by atoms with van der Waals surface area (Å²) in [6.07, 6.45) is 2.80. The zero-order valence-corrected chi connectivity index (χ0v) is 16.7. The molecule has 1 N–H and O–H groups in total. The van der Waals surface area contributed by atoms with Crippen molar-refractivity contribution in [2.75, 3.05) is 27.3 Å². The van der Waals surface area contributed by atoms with E-state index in [1.54, 1.807) is 24.5 Å². The fraction of sp³-hybridized carbons (Fsp3) is 0.421. The van der Waals surface area contributed by atoms with Gasteiger partial charge < -0.3 is 19.2 Å². The lowest BCUT2D eigenvalue weighted by Gasteiger charge is -2.31. The molecule has 0 radical (unpaired) electrons. The molecule has 28 heavy (non-hydrogen) atoms. The summed E-state index contributed by atoms with van der Waals surface area (Å²) in [6.45, 7) is 0.796. The molecule has 1 atom stereocenters. The van der Waals surface area contributed by atoms with Gasteiger partial charge in [0.05, 0.1) is 37.8 Å². The number of piperidine rings is 1. The van der Waals surface area contributed by atoms with Gasteiger partial charge in [-0.05, 0) is 37.1 Å². The van der Waals surface area contributed by atoms with Crippen LogP contribution < -0.4 is 14.8 Å². The second-order valence-corrected chi connectivity index (χ2v) is 8.45. The Morgan fingerprint density at radius 2 is 2.04 bits per heavy atom. The van der Waals surface area contributed by atoms with Gasteiger partial charge in [0, 0.05) is 19.2 Å². The number of hydrogen-bond acceptors (Lipinski definition) is 6. The molecule has 152 valence electrons. The Labute approximate surface area is 164 Å². The normalized spacial score (nSPS) is 17.9. The Hall–Kier alpha value is -2.52. The molecule has 2 aromatic rings. The fourth-order valence-electron chi connectivity index (χ4n) is 3.23. The van der Waals surface area contributed by atoms with Gasteiger partial charge in [0.2, 0.25) is 15.9 Å². The summed E-state index contributed by atoms with van der Waals surface area (Å²) in [5.74, 6) is 0.866. The summed E-state index contributed by atoms with van der Waals surface area (Å²) >= 11 is 0. The van der Waals surface area contributed by atoms with Crippen LogP contribution in [0.3, 0.4) is 0 Å². The van der Waals surface area contributed by atoms with Gasteiger partial charge in [0.15, 0.2) is 11.5 Å².